The number of amides is 2. The fourth-order valence-corrected chi connectivity index (χ4v) is 3.08. The molecule has 0 aliphatic heterocycles. The highest BCUT2D eigenvalue weighted by atomic mass is 16.5. The topological polar surface area (TPSA) is 96.1 Å². The second kappa shape index (κ2) is 8.48. The molecule has 0 bridgehead atoms. The number of ether oxygens (including phenoxy) is 1. The van der Waals surface area contributed by atoms with Crippen LogP contribution in [-0.4, -0.2) is 22.0 Å². The second-order valence-electron chi connectivity index (χ2n) is 6.79. The van der Waals surface area contributed by atoms with Gasteiger partial charge in [-0.15, -0.1) is 0 Å². The molecule has 0 atom stereocenters. The van der Waals surface area contributed by atoms with E-state index in [0.717, 1.165) is 27.9 Å². The Kier molecular flexibility index (Phi) is 5.43. The second-order valence-corrected chi connectivity index (χ2v) is 6.79. The van der Waals surface area contributed by atoms with Crippen molar-refractivity contribution in [3.05, 3.63) is 78.5 Å². The molecule has 3 N–H and O–H groups in total. The molecule has 150 valence electrons. The lowest BCUT2D eigenvalue weighted by molar-refractivity contribution is -0.114. The van der Waals surface area contributed by atoms with E-state index in [0.29, 0.717) is 11.3 Å². The molecule has 0 radical (unpaired) electrons. The van der Waals surface area contributed by atoms with Crippen molar-refractivity contribution in [1.29, 1.82) is 0 Å². The van der Waals surface area contributed by atoms with E-state index in [-0.39, 0.29) is 12.5 Å². The van der Waals surface area contributed by atoms with Gasteiger partial charge in [-0.2, -0.15) is 0 Å². The zero-order valence-corrected chi connectivity index (χ0v) is 16.3. The number of benzene rings is 2. The Morgan fingerprint density at radius 1 is 0.967 bits per heavy atom. The van der Waals surface area contributed by atoms with Crippen LogP contribution in [0, 0.1) is 0 Å². The van der Waals surface area contributed by atoms with E-state index in [2.05, 4.69) is 20.6 Å². The summed E-state index contributed by atoms with van der Waals surface area (Å²) in [6.45, 7) is 1.67. The molecule has 4 aromatic rings. The highest BCUT2D eigenvalue weighted by Crippen LogP contribution is 2.26. The molecule has 2 aromatic carbocycles. The Morgan fingerprint density at radius 2 is 1.80 bits per heavy atom. The summed E-state index contributed by atoms with van der Waals surface area (Å²) in [7, 11) is 0. The van der Waals surface area contributed by atoms with Crippen molar-refractivity contribution >= 4 is 34.4 Å². The van der Waals surface area contributed by atoms with Gasteiger partial charge in [0.05, 0.1) is 11.9 Å². The number of rotatable bonds is 5. The third-order valence-corrected chi connectivity index (χ3v) is 4.42. The van der Waals surface area contributed by atoms with E-state index in [1.54, 1.807) is 6.20 Å². The van der Waals surface area contributed by atoms with Gasteiger partial charge in [-0.05, 0) is 29.8 Å². The molecule has 0 spiro atoms. The maximum Gasteiger partial charge on any atom is 0.412 e. The summed E-state index contributed by atoms with van der Waals surface area (Å²) >= 11 is 0. The van der Waals surface area contributed by atoms with Crippen molar-refractivity contribution in [3.63, 3.8) is 0 Å². The van der Waals surface area contributed by atoms with Gasteiger partial charge in [-0.1, -0.05) is 42.5 Å². The molecule has 0 unspecified atom stereocenters. The highest BCUT2D eigenvalue weighted by molar-refractivity contribution is 5.92. The molecule has 0 aliphatic carbocycles. The Morgan fingerprint density at radius 3 is 2.60 bits per heavy atom. The van der Waals surface area contributed by atoms with Gasteiger partial charge < -0.3 is 15.0 Å². The minimum atomic E-state index is -0.543. The van der Waals surface area contributed by atoms with Gasteiger partial charge in [-0.25, -0.2) is 9.78 Å². The van der Waals surface area contributed by atoms with Crippen LogP contribution in [0.4, 0.5) is 16.2 Å². The minimum absolute atomic E-state index is 0.125. The summed E-state index contributed by atoms with van der Waals surface area (Å²) in [4.78, 5) is 31.0. The summed E-state index contributed by atoms with van der Waals surface area (Å²) < 4.78 is 5.24. The van der Waals surface area contributed by atoms with Gasteiger partial charge in [0.1, 0.15) is 12.3 Å². The minimum Gasteiger partial charge on any atom is -0.444 e. The number of anilines is 2. The molecule has 7 heteroatoms. The van der Waals surface area contributed by atoms with Crippen LogP contribution in [0.1, 0.15) is 12.5 Å². The molecule has 0 saturated heterocycles. The zero-order chi connectivity index (χ0) is 20.9. The Labute approximate surface area is 173 Å². The number of carbonyl (C=O) groups is 2. The molecule has 0 fully saturated rings. The molecular weight excluding hydrogens is 380 g/mol. The summed E-state index contributed by atoms with van der Waals surface area (Å²) in [5.74, 6) is -0.125. The highest BCUT2D eigenvalue weighted by Gasteiger charge is 2.09. The smallest absolute Gasteiger partial charge is 0.412 e. The summed E-state index contributed by atoms with van der Waals surface area (Å²) in [6, 6.07) is 20.8. The number of hydrogen-bond acceptors (Lipinski definition) is 4. The van der Waals surface area contributed by atoms with E-state index >= 15 is 0 Å². The van der Waals surface area contributed by atoms with Crippen molar-refractivity contribution in [2.24, 2.45) is 0 Å². The first-order valence-electron chi connectivity index (χ1n) is 9.41. The number of carbonyl (C=O) groups excluding carboxylic acids is 2. The Hall–Kier alpha value is -4.13. The predicted octanol–water partition coefficient (Wildman–Crippen LogP) is 4.94. The van der Waals surface area contributed by atoms with Gasteiger partial charge in [-0.3, -0.25) is 10.1 Å². The number of nitrogens with zero attached hydrogens (tertiary/aromatic N) is 1. The van der Waals surface area contributed by atoms with E-state index in [4.69, 9.17) is 4.74 Å². The van der Waals surface area contributed by atoms with Crippen LogP contribution in [0.15, 0.2) is 72.9 Å². The molecule has 7 nitrogen and oxygen atoms in total. The van der Waals surface area contributed by atoms with Crippen molar-refractivity contribution in [2.75, 3.05) is 10.6 Å². The van der Waals surface area contributed by atoms with Crippen LogP contribution in [0.3, 0.4) is 0 Å². The maximum atomic E-state index is 12.1. The van der Waals surface area contributed by atoms with Crippen molar-refractivity contribution < 1.29 is 14.3 Å². The maximum absolute atomic E-state index is 12.1. The number of hydrogen-bond donors (Lipinski definition) is 3. The number of pyridine rings is 1. The van der Waals surface area contributed by atoms with Crippen LogP contribution in [0.2, 0.25) is 0 Å². The summed E-state index contributed by atoms with van der Waals surface area (Å²) in [5, 5.41) is 6.32. The molecule has 0 saturated carbocycles. The van der Waals surface area contributed by atoms with Gasteiger partial charge in [0.15, 0.2) is 0 Å². The van der Waals surface area contributed by atoms with Gasteiger partial charge in [0.2, 0.25) is 5.91 Å². The fourth-order valence-electron chi connectivity index (χ4n) is 3.08. The molecule has 4 rings (SSSR count). The van der Waals surface area contributed by atoms with Crippen LogP contribution in [-0.2, 0) is 16.1 Å². The standard InChI is InChI=1S/C23H20N4O3/c1-15(28)25-19-9-5-8-17(10-19)21-12-18-11-20(13-24-22(18)27-21)26-23(29)30-14-16-6-3-2-4-7-16/h2-13H,14H2,1H3,(H,24,27)(H,25,28)(H,26,29). The molecule has 2 aromatic heterocycles. The van der Waals surface area contributed by atoms with Gasteiger partial charge in [0.25, 0.3) is 0 Å². The van der Waals surface area contributed by atoms with Crippen LogP contribution in [0.5, 0.6) is 0 Å². The first kappa shape index (κ1) is 19.2. The Bertz CT molecular complexity index is 1200. The van der Waals surface area contributed by atoms with Crippen molar-refractivity contribution in [2.45, 2.75) is 13.5 Å². The lowest BCUT2D eigenvalue weighted by Gasteiger charge is -2.06. The Balaban J connectivity index is 1.47. The number of H-pyrrole nitrogens is 1. The average Bonchev–Trinajstić information content (AvgIpc) is 3.16. The molecule has 2 amide bonds. The molecular formula is C23H20N4O3. The number of fused-ring (bicyclic) bond motifs is 1. The lowest BCUT2D eigenvalue weighted by Crippen LogP contribution is -2.13. The van der Waals surface area contributed by atoms with Gasteiger partial charge in [0, 0.05) is 29.3 Å². The third kappa shape index (κ3) is 4.64. The van der Waals surface area contributed by atoms with Gasteiger partial charge >= 0.3 is 6.09 Å². The predicted molar refractivity (Wildman–Crippen MR) is 116 cm³/mol. The van der Waals surface area contributed by atoms with E-state index in [9.17, 15) is 9.59 Å². The monoisotopic (exact) mass is 400 g/mol. The van der Waals surface area contributed by atoms with E-state index in [1.807, 2.05) is 66.7 Å². The van der Waals surface area contributed by atoms with Crippen molar-refractivity contribution in [1.82, 2.24) is 9.97 Å². The zero-order valence-electron chi connectivity index (χ0n) is 16.3. The quantitative estimate of drug-likeness (QED) is 0.442. The molecule has 2 heterocycles. The summed E-state index contributed by atoms with van der Waals surface area (Å²) in [5.41, 5.74) is 4.63. The SMILES string of the molecule is CC(=O)Nc1cccc(-c2cc3cc(NC(=O)OCc4ccccc4)cnc3[nH]2)c1. The fraction of sp³-hybridized carbons (Fsp3) is 0.0870. The van der Waals surface area contributed by atoms with E-state index < -0.39 is 6.09 Å². The van der Waals surface area contributed by atoms with E-state index in [1.165, 1.54) is 6.92 Å². The number of aromatic amines is 1. The molecule has 0 aliphatic rings. The molecule has 30 heavy (non-hydrogen) atoms. The third-order valence-electron chi connectivity index (χ3n) is 4.42. The van der Waals surface area contributed by atoms with Crippen LogP contribution >= 0.6 is 0 Å². The first-order valence-corrected chi connectivity index (χ1v) is 9.41. The normalized spacial score (nSPS) is 10.6. The lowest BCUT2D eigenvalue weighted by atomic mass is 10.1. The van der Waals surface area contributed by atoms with Crippen LogP contribution < -0.4 is 10.6 Å². The average molecular weight is 400 g/mol. The number of nitrogens with one attached hydrogen (secondary N) is 3. The van der Waals surface area contributed by atoms with Crippen LogP contribution in [0.25, 0.3) is 22.3 Å². The first-order chi connectivity index (χ1) is 14.6. The van der Waals surface area contributed by atoms with Crippen molar-refractivity contribution in [3.8, 4) is 11.3 Å². The number of aromatic nitrogens is 2. The largest absolute Gasteiger partial charge is 0.444 e. The summed E-state index contributed by atoms with van der Waals surface area (Å²) in [6.07, 6.45) is 1.03.